The lowest BCUT2D eigenvalue weighted by atomic mass is 10.0. The molecule has 1 amide bonds. The maximum Gasteiger partial charge on any atom is 0.339 e. The quantitative estimate of drug-likeness (QED) is 0.651. The van der Waals surface area contributed by atoms with Crippen molar-refractivity contribution in [2.45, 2.75) is 39.7 Å². The summed E-state index contributed by atoms with van der Waals surface area (Å²) >= 11 is 0. The summed E-state index contributed by atoms with van der Waals surface area (Å²) in [5, 5.41) is 3.88. The van der Waals surface area contributed by atoms with Crippen LogP contribution in [0.3, 0.4) is 0 Å². The summed E-state index contributed by atoms with van der Waals surface area (Å²) in [7, 11) is 1.61. The van der Waals surface area contributed by atoms with Gasteiger partial charge in [0.2, 0.25) is 5.91 Å². The molecule has 5 nitrogen and oxygen atoms in total. The van der Waals surface area contributed by atoms with Gasteiger partial charge in [-0.25, -0.2) is 4.79 Å². The number of nitrogens with one attached hydrogen (secondary N) is 1. The van der Waals surface area contributed by atoms with Gasteiger partial charge in [0.05, 0.1) is 13.2 Å². The van der Waals surface area contributed by atoms with Crippen molar-refractivity contribution in [3.8, 4) is 5.75 Å². The summed E-state index contributed by atoms with van der Waals surface area (Å²) in [5.41, 5.74) is 3.58. The van der Waals surface area contributed by atoms with Crippen LogP contribution in [0, 0.1) is 13.8 Å². The molecular formula is C23H25NO4. The van der Waals surface area contributed by atoms with Crippen molar-refractivity contribution in [3.05, 3.63) is 75.1 Å². The number of para-hydroxylation sites is 1. The third-order valence-electron chi connectivity index (χ3n) is 5.03. The lowest BCUT2D eigenvalue weighted by Gasteiger charge is -2.17. The molecule has 0 aliphatic carbocycles. The normalized spacial score (nSPS) is 12.0. The van der Waals surface area contributed by atoms with E-state index in [1.165, 1.54) is 0 Å². The molecule has 2 aromatic carbocycles. The van der Waals surface area contributed by atoms with Gasteiger partial charge in [0.25, 0.3) is 0 Å². The van der Waals surface area contributed by atoms with Crippen LogP contribution in [0.2, 0.25) is 0 Å². The molecule has 0 aliphatic rings. The number of benzene rings is 2. The van der Waals surface area contributed by atoms with E-state index in [0.717, 1.165) is 27.8 Å². The number of hydrogen-bond acceptors (Lipinski definition) is 4. The average molecular weight is 379 g/mol. The zero-order valence-corrected chi connectivity index (χ0v) is 16.7. The summed E-state index contributed by atoms with van der Waals surface area (Å²) in [5.74, 6) is 0.609. The highest BCUT2D eigenvalue weighted by Gasteiger charge is 2.16. The van der Waals surface area contributed by atoms with Gasteiger partial charge in [-0.05, 0) is 50.5 Å². The first-order valence-electron chi connectivity index (χ1n) is 9.36. The van der Waals surface area contributed by atoms with Crippen LogP contribution in [0.15, 0.2) is 51.7 Å². The van der Waals surface area contributed by atoms with Crippen LogP contribution in [0.1, 0.15) is 41.6 Å². The average Bonchev–Trinajstić information content (AvgIpc) is 2.67. The number of fused-ring (bicyclic) bond motifs is 1. The van der Waals surface area contributed by atoms with E-state index >= 15 is 0 Å². The van der Waals surface area contributed by atoms with E-state index in [1.54, 1.807) is 7.11 Å². The molecule has 0 spiro atoms. The molecule has 0 bridgehead atoms. The predicted octanol–water partition coefficient (Wildman–Crippen LogP) is 4.23. The maximum absolute atomic E-state index is 12.4. The number of methoxy groups -OCH3 is 1. The first kappa shape index (κ1) is 19.7. The topological polar surface area (TPSA) is 68.5 Å². The van der Waals surface area contributed by atoms with Crippen molar-refractivity contribution < 1.29 is 13.9 Å². The van der Waals surface area contributed by atoms with Crippen LogP contribution in [0.25, 0.3) is 11.0 Å². The van der Waals surface area contributed by atoms with Crippen molar-refractivity contribution >= 4 is 16.9 Å². The van der Waals surface area contributed by atoms with Gasteiger partial charge in [-0.3, -0.25) is 4.79 Å². The van der Waals surface area contributed by atoms with Gasteiger partial charge in [0.1, 0.15) is 11.3 Å². The summed E-state index contributed by atoms with van der Waals surface area (Å²) in [6, 6.07) is 13.2. The molecule has 0 radical (unpaired) electrons. The largest absolute Gasteiger partial charge is 0.496 e. The van der Waals surface area contributed by atoms with Gasteiger partial charge >= 0.3 is 5.63 Å². The van der Waals surface area contributed by atoms with E-state index in [0.29, 0.717) is 17.6 Å². The Morgan fingerprint density at radius 1 is 1.18 bits per heavy atom. The SMILES string of the molecule is COc1ccccc1C(C)NC(=O)CCc1c(C)c2ccc(C)cc2oc1=O. The number of hydrogen-bond donors (Lipinski definition) is 1. The molecule has 1 aromatic heterocycles. The standard InChI is InChI=1S/C23H25NO4/c1-14-9-10-17-15(2)18(23(26)28-21(17)13-14)11-12-22(25)24-16(3)19-7-5-6-8-20(19)27-4/h5-10,13,16H,11-12H2,1-4H3,(H,24,25). The monoisotopic (exact) mass is 379 g/mol. The predicted molar refractivity (Wildman–Crippen MR) is 110 cm³/mol. The van der Waals surface area contributed by atoms with Crippen molar-refractivity contribution in [2.24, 2.45) is 0 Å². The zero-order valence-electron chi connectivity index (χ0n) is 16.7. The van der Waals surface area contributed by atoms with Crippen molar-refractivity contribution in [1.29, 1.82) is 0 Å². The summed E-state index contributed by atoms with van der Waals surface area (Å²) < 4.78 is 10.8. The van der Waals surface area contributed by atoms with E-state index in [2.05, 4.69) is 5.32 Å². The molecule has 3 aromatic rings. The fourth-order valence-electron chi connectivity index (χ4n) is 3.44. The van der Waals surface area contributed by atoms with Gasteiger partial charge in [0.15, 0.2) is 0 Å². The number of ether oxygens (including phenoxy) is 1. The molecule has 1 unspecified atom stereocenters. The molecular weight excluding hydrogens is 354 g/mol. The number of carbonyl (C=O) groups excluding carboxylic acids is 1. The Kier molecular flexibility index (Phi) is 5.83. The minimum atomic E-state index is -0.374. The van der Waals surface area contributed by atoms with Gasteiger partial charge in [-0.2, -0.15) is 0 Å². The van der Waals surface area contributed by atoms with Gasteiger partial charge in [0, 0.05) is 22.9 Å². The lowest BCUT2D eigenvalue weighted by molar-refractivity contribution is -0.121. The van der Waals surface area contributed by atoms with Gasteiger partial charge in [-0.1, -0.05) is 30.3 Å². The molecule has 28 heavy (non-hydrogen) atoms. The second-order valence-electron chi connectivity index (χ2n) is 7.02. The van der Waals surface area contributed by atoms with Crippen molar-refractivity contribution in [1.82, 2.24) is 5.32 Å². The molecule has 5 heteroatoms. The Balaban J connectivity index is 1.72. The van der Waals surface area contributed by atoms with E-state index in [4.69, 9.17) is 9.15 Å². The second kappa shape index (κ2) is 8.30. The van der Waals surface area contributed by atoms with E-state index in [9.17, 15) is 9.59 Å². The first-order valence-corrected chi connectivity index (χ1v) is 9.36. The van der Waals surface area contributed by atoms with E-state index in [1.807, 2.05) is 63.2 Å². The maximum atomic E-state index is 12.4. The van der Waals surface area contributed by atoms with Crippen molar-refractivity contribution in [2.75, 3.05) is 7.11 Å². The highest BCUT2D eigenvalue weighted by molar-refractivity contribution is 5.82. The number of amides is 1. The highest BCUT2D eigenvalue weighted by atomic mass is 16.5. The molecule has 0 saturated carbocycles. The van der Waals surface area contributed by atoms with E-state index in [-0.39, 0.29) is 24.0 Å². The molecule has 1 heterocycles. The van der Waals surface area contributed by atoms with Crippen LogP contribution in [-0.2, 0) is 11.2 Å². The molecule has 146 valence electrons. The Bertz CT molecular complexity index is 1070. The fraction of sp³-hybridized carbons (Fsp3) is 0.304. The minimum absolute atomic E-state index is 0.124. The molecule has 0 fully saturated rings. The third kappa shape index (κ3) is 4.09. The Labute approximate surface area is 164 Å². The summed E-state index contributed by atoms with van der Waals surface area (Å²) in [6.07, 6.45) is 0.547. The summed E-state index contributed by atoms with van der Waals surface area (Å²) in [4.78, 5) is 24.8. The number of aryl methyl sites for hydroxylation is 2. The zero-order chi connectivity index (χ0) is 20.3. The second-order valence-corrected chi connectivity index (χ2v) is 7.02. The summed E-state index contributed by atoms with van der Waals surface area (Å²) in [6.45, 7) is 5.77. The van der Waals surface area contributed by atoms with Crippen LogP contribution >= 0.6 is 0 Å². The fourth-order valence-corrected chi connectivity index (χ4v) is 3.44. The Morgan fingerprint density at radius 2 is 1.93 bits per heavy atom. The smallest absolute Gasteiger partial charge is 0.339 e. The molecule has 1 atom stereocenters. The molecule has 0 aliphatic heterocycles. The van der Waals surface area contributed by atoms with Crippen LogP contribution < -0.4 is 15.7 Å². The minimum Gasteiger partial charge on any atom is -0.496 e. The van der Waals surface area contributed by atoms with Crippen molar-refractivity contribution in [3.63, 3.8) is 0 Å². The van der Waals surface area contributed by atoms with Crippen LogP contribution in [-0.4, -0.2) is 13.0 Å². The first-order chi connectivity index (χ1) is 13.4. The molecule has 1 N–H and O–H groups in total. The van der Waals surface area contributed by atoms with Crippen LogP contribution in [0.5, 0.6) is 5.75 Å². The Hall–Kier alpha value is -3.08. The van der Waals surface area contributed by atoms with Crippen LogP contribution in [0.4, 0.5) is 0 Å². The highest BCUT2D eigenvalue weighted by Crippen LogP contribution is 2.25. The number of rotatable bonds is 6. The number of carbonyl (C=O) groups is 1. The lowest BCUT2D eigenvalue weighted by Crippen LogP contribution is -2.27. The molecule has 0 saturated heterocycles. The third-order valence-corrected chi connectivity index (χ3v) is 5.03. The Morgan fingerprint density at radius 3 is 2.68 bits per heavy atom. The van der Waals surface area contributed by atoms with Gasteiger partial charge < -0.3 is 14.5 Å². The van der Waals surface area contributed by atoms with Gasteiger partial charge in [-0.15, -0.1) is 0 Å². The molecule has 3 rings (SSSR count). The van der Waals surface area contributed by atoms with E-state index < -0.39 is 0 Å².